The maximum atomic E-state index is 12.0. The van der Waals surface area contributed by atoms with Crippen molar-refractivity contribution in [1.82, 2.24) is 4.57 Å². The average molecular weight is 338 g/mol. The Bertz CT molecular complexity index is 709. The van der Waals surface area contributed by atoms with Crippen LogP contribution in [0.4, 0.5) is 0 Å². The van der Waals surface area contributed by atoms with E-state index in [0.717, 1.165) is 10.0 Å². The number of ether oxygens (including phenoxy) is 1. The summed E-state index contributed by atoms with van der Waals surface area (Å²) in [5.41, 5.74) is 0.0511. The number of halogens is 1. The zero-order valence-corrected chi connectivity index (χ0v) is 12.3. The number of methoxy groups -OCH3 is 1. The van der Waals surface area contributed by atoms with Crippen molar-refractivity contribution in [2.75, 3.05) is 7.11 Å². The third-order valence-electron chi connectivity index (χ3n) is 2.84. The minimum Gasteiger partial charge on any atom is -0.497 e. The number of hydrogen-bond donors (Lipinski definition) is 1. The van der Waals surface area contributed by atoms with Crippen LogP contribution in [0.2, 0.25) is 0 Å². The minimum absolute atomic E-state index is 0.244. The van der Waals surface area contributed by atoms with Crippen LogP contribution in [-0.2, 0) is 6.54 Å². The van der Waals surface area contributed by atoms with E-state index in [1.54, 1.807) is 31.5 Å². The molecule has 0 saturated heterocycles. The number of benzene rings is 1. The van der Waals surface area contributed by atoms with Crippen molar-refractivity contribution in [2.24, 2.45) is 0 Å². The first-order valence-electron chi connectivity index (χ1n) is 5.78. The molecular weight excluding hydrogens is 326 g/mol. The summed E-state index contributed by atoms with van der Waals surface area (Å²) >= 11 is 3.40. The van der Waals surface area contributed by atoms with Crippen molar-refractivity contribution >= 4 is 21.9 Å². The Kier molecular flexibility index (Phi) is 4.24. The first kappa shape index (κ1) is 14.3. The second-order valence-corrected chi connectivity index (χ2v) is 4.97. The molecule has 20 heavy (non-hydrogen) atoms. The fraction of sp³-hybridized carbons (Fsp3) is 0.143. The fourth-order valence-electron chi connectivity index (χ4n) is 1.81. The predicted octanol–water partition coefficient (Wildman–Crippen LogP) is 2.37. The minimum atomic E-state index is -1.23. The molecule has 1 aromatic heterocycles. The molecule has 0 fully saturated rings. The van der Waals surface area contributed by atoms with Gasteiger partial charge in [-0.3, -0.25) is 4.79 Å². The summed E-state index contributed by atoms with van der Waals surface area (Å²) in [6, 6.07) is 8.25. The molecule has 1 N–H and O–H groups in total. The predicted molar refractivity (Wildman–Crippen MR) is 77.5 cm³/mol. The lowest BCUT2D eigenvalue weighted by Gasteiger charge is -2.10. The molecule has 0 radical (unpaired) electrons. The molecule has 5 nitrogen and oxygen atoms in total. The van der Waals surface area contributed by atoms with Crippen LogP contribution in [-0.4, -0.2) is 22.8 Å². The van der Waals surface area contributed by atoms with Gasteiger partial charge in [0.05, 0.1) is 13.7 Å². The van der Waals surface area contributed by atoms with Crippen LogP contribution in [0.3, 0.4) is 0 Å². The molecule has 6 heteroatoms. The Morgan fingerprint density at radius 3 is 2.80 bits per heavy atom. The van der Waals surface area contributed by atoms with Gasteiger partial charge in [0.1, 0.15) is 11.3 Å². The molecule has 2 aromatic rings. The largest absolute Gasteiger partial charge is 0.497 e. The van der Waals surface area contributed by atoms with Gasteiger partial charge in [-0.25, -0.2) is 4.79 Å². The van der Waals surface area contributed by atoms with E-state index in [-0.39, 0.29) is 12.1 Å². The molecule has 1 aromatic carbocycles. The smallest absolute Gasteiger partial charge is 0.341 e. The van der Waals surface area contributed by atoms with Gasteiger partial charge >= 0.3 is 5.97 Å². The molecule has 0 bridgehead atoms. The second-order valence-electron chi connectivity index (χ2n) is 4.12. The maximum Gasteiger partial charge on any atom is 0.341 e. The highest BCUT2D eigenvalue weighted by atomic mass is 79.9. The fourth-order valence-corrected chi connectivity index (χ4v) is 2.18. The van der Waals surface area contributed by atoms with Crippen LogP contribution in [0.1, 0.15) is 15.9 Å². The molecule has 0 aliphatic rings. The molecule has 1 heterocycles. The molecule has 0 aliphatic carbocycles. The van der Waals surface area contributed by atoms with Crippen LogP contribution >= 0.6 is 15.9 Å². The standard InChI is InChI=1S/C14H12BrNO4/c1-20-10-4-5-12(15)9(7-10)8-16-6-2-3-11(13(16)17)14(18)19/h2-7H,8H2,1H3,(H,18,19). The SMILES string of the molecule is COc1ccc(Br)c(Cn2cccc(C(=O)O)c2=O)c1. The van der Waals surface area contributed by atoms with Crippen molar-refractivity contribution in [1.29, 1.82) is 0 Å². The summed E-state index contributed by atoms with van der Waals surface area (Å²) < 4.78 is 7.31. The van der Waals surface area contributed by atoms with Crippen molar-refractivity contribution in [3.05, 3.63) is 62.5 Å². The Balaban J connectivity index is 2.43. The molecule has 0 amide bonds. The van der Waals surface area contributed by atoms with E-state index in [1.165, 1.54) is 10.6 Å². The Hall–Kier alpha value is -2.08. The second kappa shape index (κ2) is 5.92. The Morgan fingerprint density at radius 2 is 2.15 bits per heavy atom. The molecule has 0 saturated carbocycles. The number of aromatic carboxylic acids is 1. The van der Waals surface area contributed by atoms with Gasteiger partial charge in [-0.15, -0.1) is 0 Å². The molecule has 0 aliphatic heterocycles. The number of hydrogen-bond acceptors (Lipinski definition) is 3. The van der Waals surface area contributed by atoms with Crippen LogP contribution in [0.5, 0.6) is 5.75 Å². The molecule has 104 valence electrons. The third-order valence-corrected chi connectivity index (χ3v) is 3.62. The van der Waals surface area contributed by atoms with E-state index in [2.05, 4.69) is 15.9 Å². The number of nitrogens with zero attached hydrogens (tertiary/aromatic N) is 1. The van der Waals surface area contributed by atoms with Crippen LogP contribution < -0.4 is 10.3 Å². The van der Waals surface area contributed by atoms with E-state index in [0.29, 0.717) is 5.75 Å². The van der Waals surface area contributed by atoms with Crippen molar-refractivity contribution < 1.29 is 14.6 Å². The van der Waals surface area contributed by atoms with Gasteiger partial charge in [0.25, 0.3) is 5.56 Å². The molecule has 0 unspecified atom stereocenters. The highest BCUT2D eigenvalue weighted by Crippen LogP contribution is 2.22. The van der Waals surface area contributed by atoms with Crippen LogP contribution in [0.25, 0.3) is 0 Å². The maximum absolute atomic E-state index is 12.0. The summed E-state index contributed by atoms with van der Waals surface area (Å²) in [6.07, 6.45) is 1.56. The zero-order valence-electron chi connectivity index (χ0n) is 10.7. The Morgan fingerprint density at radius 1 is 1.40 bits per heavy atom. The van der Waals surface area contributed by atoms with Gasteiger partial charge in [0, 0.05) is 10.7 Å². The monoisotopic (exact) mass is 337 g/mol. The summed E-state index contributed by atoms with van der Waals surface area (Å²) in [7, 11) is 1.56. The molecular formula is C14H12BrNO4. The lowest BCUT2D eigenvalue weighted by molar-refractivity contribution is 0.0694. The van der Waals surface area contributed by atoms with E-state index < -0.39 is 11.5 Å². The third kappa shape index (κ3) is 2.91. The van der Waals surface area contributed by atoms with Crippen molar-refractivity contribution in [2.45, 2.75) is 6.54 Å². The summed E-state index contributed by atoms with van der Waals surface area (Å²) in [5.74, 6) is -0.556. The number of carboxylic acids is 1. The normalized spacial score (nSPS) is 10.3. The van der Waals surface area contributed by atoms with E-state index in [1.807, 2.05) is 6.07 Å². The van der Waals surface area contributed by atoms with Crippen LogP contribution in [0, 0.1) is 0 Å². The van der Waals surface area contributed by atoms with Gasteiger partial charge < -0.3 is 14.4 Å². The number of aromatic nitrogens is 1. The van der Waals surface area contributed by atoms with E-state index >= 15 is 0 Å². The van der Waals surface area contributed by atoms with E-state index in [4.69, 9.17) is 9.84 Å². The van der Waals surface area contributed by atoms with Gasteiger partial charge in [-0.2, -0.15) is 0 Å². The van der Waals surface area contributed by atoms with Crippen molar-refractivity contribution in [3.8, 4) is 5.75 Å². The molecule has 2 rings (SSSR count). The Labute approximate surface area is 123 Å². The van der Waals surface area contributed by atoms with Gasteiger partial charge in [-0.05, 0) is 35.9 Å². The van der Waals surface area contributed by atoms with Gasteiger partial charge in [-0.1, -0.05) is 15.9 Å². The average Bonchev–Trinajstić information content (AvgIpc) is 2.43. The summed E-state index contributed by atoms with van der Waals surface area (Å²) in [6.45, 7) is 0.262. The van der Waals surface area contributed by atoms with Crippen molar-refractivity contribution in [3.63, 3.8) is 0 Å². The number of carboxylic acid groups (broad SMARTS) is 1. The molecule has 0 atom stereocenters. The zero-order chi connectivity index (χ0) is 14.7. The highest BCUT2D eigenvalue weighted by Gasteiger charge is 2.11. The van der Waals surface area contributed by atoms with Crippen LogP contribution in [0.15, 0.2) is 45.8 Å². The number of carbonyl (C=O) groups is 1. The number of pyridine rings is 1. The highest BCUT2D eigenvalue weighted by molar-refractivity contribution is 9.10. The van der Waals surface area contributed by atoms with Gasteiger partial charge in [0.15, 0.2) is 0 Å². The summed E-state index contributed by atoms with van der Waals surface area (Å²) in [4.78, 5) is 23.0. The van der Waals surface area contributed by atoms with Gasteiger partial charge in [0.2, 0.25) is 0 Å². The lowest BCUT2D eigenvalue weighted by Crippen LogP contribution is -2.26. The summed E-state index contributed by atoms with van der Waals surface area (Å²) in [5, 5.41) is 8.95. The first-order chi connectivity index (χ1) is 9.52. The van der Waals surface area contributed by atoms with E-state index in [9.17, 15) is 9.59 Å². The lowest BCUT2D eigenvalue weighted by atomic mass is 10.2. The molecule has 0 spiro atoms. The quantitative estimate of drug-likeness (QED) is 0.929. The first-order valence-corrected chi connectivity index (χ1v) is 6.57. The number of rotatable bonds is 4. The topological polar surface area (TPSA) is 68.5 Å².